The summed E-state index contributed by atoms with van der Waals surface area (Å²) < 4.78 is 7.66. The molecule has 4 heteroatoms. The highest BCUT2D eigenvalue weighted by atomic mass is 16.5. The molecule has 1 saturated heterocycles. The van der Waals surface area contributed by atoms with Gasteiger partial charge in [-0.05, 0) is 36.5 Å². The summed E-state index contributed by atoms with van der Waals surface area (Å²) in [5.41, 5.74) is 8.05. The summed E-state index contributed by atoms with van der Waals surface area (Å²) in [6.45, 7) is 3.38. The van der Waals surface area contributed by atoms with Crippen molar-refractivity contribution in [3.05, 3.63) is 30.1 Å². The molecule has 1 aliphatic rings. The number of aromatic nitrogens is 2. The van der Waals surface area contributed by atoms with Crippen molar-refractivity contribution in [2.24, 2.45) is 11.7 Å². The van der Waals surface area contributed by atoms with Gasteiger partial charge in [0.05, 0.1) is 0 Å². The van der Waals surface area contributed by atoms with E-state index in [-0.39, 0.29) is 0 Å². The van der Waals surface area contributed by atoms with Crippen LogP contribution in [0.25, 0.3) is 11.0 Å². The molecule has 0 bridgehead atoms. The van der Waals surface area contributed by atoms with Crippen molar-refractivity contribution in [1.82, 2.24) is 9.55 Å². The lowest BCUT2D eigenvalue weighted by atomic mass is 10.0. The van der Waals surface area contributed by atoms with Crippen LogP contribution >= 0.6 is 0 Å². The molecule has 0 aliphatic carbocycles. The highest BCUT2D eigenvalue weighted by Gasteiger charge is 2.16. The maximum atomic E-state index is 5.80. The summed E-state index contributed by atoms with van der Waals surface area (Å²) in [5, 5.41) is 1.19. The van der Waals surface area contributed by atoms with E-state index < -0.39 is 0 Å². The molecule has 2 aromatic heterocycles. The second kappa shape index (κ2) is 5.08. The summed E-state index contributed by atoms with van der Waals surface area (Å²) in [6, 6.07) is 4.07. The summed E-state index contributed by atoms with van der Waals surface area (Å²) in [5.74, 6) is 0.696. The molecule has 4 nitrogen and oxygen atoms in total. The third-order valence-electron chi connectivity index (χ3n) is 3.73. The molecule has 2 N–H and O–H groups in total. The zero-order valence-electron chi connectivity index (χ0n) is 10.5. The van der Waals surface area contributed by atoms with E-state index >= 15 is 0 Å². The number of rotatable bonds is 3. The first-order valence-electron chi connectivity index (χ1n) is 6.59. The van der Waals surface area contributed by atoms with Crippen molar-refractivity contribution in [2.75, 3.05) is 13.2 Å². The van der Waals surface area contributed by atoms with E-state index in [1.165, 1.54) is 10.9 Å². The van der Waals surface area contributed by atoms with Crippen LogP contribution < -0.4 is 5.73 Å². The first-order valence-corrected chi connectivity index (χ1v) is 6.59. The van der Waals surface area contributed by atoms with Gasteiger partial charge in [0.2, 0.25) is 0 Å². The summed E-state index contributed by atoms with van der Waals surface area (Å²) in [4.78, 5) is 4.49. The molecule has 18 heavy (non-hydrogen) atoms. The first kappa shape index (κ1) is 11.7. The van der Waals surface area contributed by atoms with E-state index in [2.05, 4.69) is 21.8 Å². The third kappa shape index (κ3) is 2.13. The van der Waals surface area contributed by atoms with Crippen molar-refractivity contribution < 1.29 is 4.74 Å². The predicted octanol–water partition coefficient (Wildman–Crippen LogP) is 1.92. The minimum atomic E-state index is 0.572. The van der Waals surface area contributed by atoms with Crippen LogP contribution in [0.4, 0.5) is 0 Å². The van der Waals surface area contributed by atoms with Crippen molar-refractivity contribution in [2.45, 2.75) is 25.9 Å². The lowest BCUT2D eigenvalue weighted by Crippen LogP contribution is -2.20. The standard InChI is InChI=1S/C14H19N3O/c15-8-12-10-17(9-11-3-6-18-7-4-11)14-13(12)2-1-5-16-14/h1-2,5,10-11H,3-4,6-9,15H2. The quantitative estimate of drug-likeness (QED) is 0.899. The molecule has 96 valence electrons. The van der Waals surface area contributed by atoms with E-state index in [9.17, 15) is 0 Å². The largest absolute Gasteiger partial charge is 0.381 e. The van der Waals surface area contributed by atoms with Crippen molar-refractivity contribution in [1.29, 1.82) is 0 Å². The van der Waals surface area contributed by atoms with Gasteiger partial charge in [0.15, 0.2) is 0 Å². The Kier molecular flexibility index (Phi) is 3.30. The van der Waals surface area contributed by atoms with Crippen LogP contribution in [0.5, 0.6) is 0 Å². The molecule has 0 unspecified atom stereocenters. The highest BCUT2D eigenvalue weighted by Crippen LogP contribution is 2.23. The van der Waals surface area contributed by atoms with E-state index in [0.717, 1.165) is 38.2 Å². The fraction of sp³-hybridized carbons (Fsp3) is 0.500. The monoisotopic (exact) mass is 245 g/mol. The SMILES string of the molecule is NCc1cn(CC2CCOCC2)c2ncccc12. The minimum absolute atomic E-state index is 0.572. The van der Waals surface area contributed by atoms with E-state index in [0.29, 0.717) is 12.5 Å². The maximum absolute atomic E-state index is 5.80. The van der Waals surface area contributed by atoms with Gasteiger partial charge in [-0.2, -0.15) is 0 Å². The average molecular weight is 245 g/mol. The van der Waals surface area contributed by atoms with Crippen LogP contribution in [0.1, 0.15) is 18.4 Å². The Balaban J connectivity index is 1.91. The van der Waals surface area contributed by atoms with Gasteiger partial charge < -0.3 is 15.0 Å². The fourth-order valence-corrected chi connectivity index (χ4v) is 2.70. The van der Waals surface area contributed by atoms with Gasteiger partial charge in [-0.15, -0.1) is 0 Å². The van der Waals surface area contributed by atoms with Crippen LogP contribution in [-0.2, 0) is 17.8 Å². The first-order chi connectivity index (χ1) is 8.88. The number of pyridine rings is 1. The van der Waals surface area contributed by atoms with Crippen molar-refractivity contribution >= 4 is 11.0 Å². The molecule has 0 saturated carbocycles. The van der Waals surface area contributed by atoms with Gasteiger partial charge in [0.25, 0.3) is 0 Å². The number of ether oxygens (including phenoxy) is 1. The van der Waals surface area contributed by atoms with Gasteiger partial charge in [0.1, 0.15) is 5.65 Å². The normalized spacial score (nSPS) is 17.4. The lowest BCUT2D eigenvalue weighted by Gasteiger charge is -2.22. The molecular weight excluding hydrogens is 226 g/mol. The number of nitrogens with two attached hydrogens (primary N) is 1. The maximum Gasteiger partial charge on any atom is 0.140 e. The number of hydrogen-bond donors (Lipinski definition) is 1. The zero-order chi connectivity index (χ0) is 12.4. The summed E-state index contributed by atoms with van der Waals surface area (Å²) in [7, 11) is 0. The molecule has 0 radical (unpaired) electrons. The molecule has 0 aromatic carbocycles. The second-order valence-corrected chi connectivity index (χ2v) is 4.94. The summed E-state index contributed by atoms with van der Waals surface area (Å²) >= 11 is 0. The van der Waals surface area contributed by atoms with Gasteiger partial charge in [-0.25, -0.2) is 4.98 Å². The Bertz CT molecular complexity index is 529. The average Bonchev–Trinajstić information content (AvgIpc) is 2.78. The Labute approximate surface area is 107 Å². The minimum Gasteiger partial charge on any atom is -0.381 e. The Morgan fingerprint density at radius 2 is 2.22 bits per heavy atom. The van der Waals surface area contributed by atoms with Crippen LogP contribution in [0, 0.1) is 5.92 Å². The molecule has 1 aliphatic heterocycles. The summed E-state index contributed by atoms with van der Waals surface area (Å²) in [6.07, 6.45) is 6.30. The van der Waals surface area contributed by atoms with Gasteiger partial charge in [0, 0.05) is 44.1 Å². The van der Waals surface area contributed by atoms with Gasteiger partial charge >= 0.3 is 0 Å². The van der Waals surface area contributed by atoms with Gasteiger partial charge in [-0.3, -0.25) is 0 Å². The van der Waals surface area contributed by atoms with Crippen molar-refractivity contribution in [3.8, 4) is 0 Å². The van der Waals surface area contributed by atoms with E-state index in [1.54, 1.807) is 0 Å². The van der Waals surface area contributed by atoms with Crippen LogP contribution in [-0.4, -0.2) is 22.8 Å². The molecular formula is C14H19N3O. The highest BCUT2D eigenvalue weighted by molar-refractivity contribution is 5.80. The lowest BCUT2D eigenvalue weighted by molar-refractivity contribution is 0.0616. The van der Waals surface area contributed by atoms with Crippen LogP contribution in [0.15, 0.2) is 24.5 Å². The van der Waals surface area contributed by atoms with Crippen LogP contribution in [0.3, 0.4) is 0 Å². The molecule has 3 rings (SSSR count). The number of fused-ring (bicyclic) bond motifs is 1. The smallest absolute Gasteiger partial charge is 0.140 e. The van der Waals surface area contributed by atoms with E-state index in [1.807, 2.05) is 12.3 Å². The van der Waals surface area contributed by atoms with E-state index in [4.69, 9.17) is 10.5 Å². The van der Waals surface area contributed by atoms with Gasteiger partial charge in [-0.1, -0.05) is 0 Å². The zero-order valence-corrected chi connectivity index (χ0v) is 10.5. The third-order valence-corrected chi connectivity index (χ3v) is 3.73. The molecule has 0 spiro atoms. The molecule has 2 aromatic rings. The second-order valence-electron chi connectivity index (χ2n) is 4.94. The Morgan fingerprint density at radius 1 is 1.39 bits per heavy atom. The Hall–Kier alpha value is -1.39. The topological polar surface area (TPSA) is 53.1 Å². The number of nitrogens with zero attached hydrogens (tertiary/aromatic N) is 2. The molecule has 0 amide bonds. The predicted molar refractivity (Wildman–Crippen MR) is 71.2 cm³/mol. The Morgan fingerprint density at radius 3 is 3.00 bits per heavy atom. The number of hydrogen-bond acceptors (Lipinski definition) is 3. The van der Waals surface area contributed by atoms with Crippen LogP contribution in [0.2, 0.25) is 0 Å². The molecule has 1 fully saturated rings. The van der Waals surface area contributed by atoms with Crippen molar-refractivity contribution in [3.63, 3.8) is 0 Å². The molecule has 3 heterocycles. The molecule has 0 atom stereocenters. The fourth-order valence-electron chi connectivity index (χ4n) is 2.70.